The molecule has 0 radical (unpaired) electrons. The van der Waals surface area contributed by atoms with E-state index in [9.17, 15) is 0 Å². The fourth-order valence-electron chi connectivity index (χ4n) is 2.62. The van der Waals surface area contributed by atoms with Gasteiger partial charge >= 0.3 is 0 Å². The highest BCUT2D eigenvalue weighted by molar-refractivity contribution is 5.65. The van der Waals surface area contributed by atoms with Crippen molar-refractivity contribution in [3.63, 3.8) is 0 Å². The maximum absolute atomic E-state index is 8.94. The lowest BCUT2D eigenvalue weighted by molar-refractivity contribution is -0.00578. The molecule has 0 atom stereocenters. The molecule has 23 heavy (non-hydrogen) atoms. The maximum Gasteiger partial charge on any atom is 0.156 e. The summed E-state index contributed by atoms with van der Waals surface area (Å²) in [6.07, 6.45) is 1.56. The SMILES string of the molecule is N#Cc1ccc(-c2cc(CNC3COC3)cc3ncnn23)cc1. The average molecular weight is 305 g/mol. The van der Waals surface area contributed by atoms with Crippen molar-refractivity contribution in [3.05, 3.63) is 53.9 Å². The second-order valence-corrected chi connectivity index (χ2v) is 5.58. The molecular formula is C17H15N5O. The largest absolute Gasteiger partial charge is 0.378 e. The van der Waals surface area contributed by atoms with Crippen LogP contribution in [0.1, 0.15) is 11.1 Å². The summed E-state index contributed by atoms with van der Waals surface area (Å²) in [4.78, 5) is 4.31. The predicted octanol–water partition coefficient (Wildman–Crippen LogP) is 1.76. The van der Waals surface area contributed by atoms with Crippen LogP contribution in [0.25, 0.3) is 16.9 Å². The van der Waals surface area contributed by atoms with Gasteiger partial charge in [0.1, 0.15) is 6.33 Å². The van der Waals surface area contributed by atoms with E-state index in [1.807, 2.05) is 34.8 Å². The lowest BCUT2D eigenvalue weighted by Gasteiger charge is -2.27. The number of rotatable bonds is 4. The first-order valence-corrected chi connectivity index (χ1v) is 7.48. The van der Waals surface area contributed by atoms with Crippen LogP contribution >= 0.6 is 0 Å². The van der Waals surface area contributed by atoms with Gasteiger partial charge in [-0.1, -0.05) is 12.1 Å². The van der Waals surface area contributed by atoms with Crippen LogP contribution < -0.4 is 5.32 Å². The summed E-state index contributed by atoms with van der Waals surface area (Å²) >= 11 is 0. The van der Waals surface area contributed by atoms with E-state index < -0.39 is 0 Å². The number of hydrogen-bond acceptors (Lipinski definition) is 5. The molecular weight excluding hydrogens is 290 g/mol. The molecule has 2 aromatic heterocycles. The zero-order chi connectivity index (χ0) is 15.6. The highest BCUT2D eigenvalue weighted by atomic mass is 16.5. The predicted molar refractivity (Wildman–Crippen MR) is 84.6 cm³/mol. The van der Waals surface area contributed by atoms with E-state index in [1.165, 1.54) is 0 Å². The Hall–Kier alpha value is -2.75. The Morgan fingerprint density at radius 2 is 2.09 bits per heavy atom. The molecule has 0 aliphatic carbocycles. The second-order valence-electron chi connectivity index (χ2n) is 5.58. The van der Waals surface area contributed by atoms with Crippen molar-refractivity contribution in [2.75, 3.05) is 13.2 Å². The molecule has 3 heterocycles. The summed E-state index contributed by atoms with van der Waals surface area (Å²) in [5.41, 5.74) is 4.58. The Kier molecular flexibility index (Phi) is 3.50. The van der Waals surface area contributed by atoms with Gasteiger partial charge in [0, 0.05) is 12.1 Å². The van der Waals surface area contributed by atoms with Crippen molar-refractivity contribution in [1.82, 2.24) is 19.9 Å². The Labute approximate surface area is 133 Å². The summed E-state index contributed by atoms with van der Waals surface area (Å²) in [5.74, 6) is 0. The molecule has 1 N–H and O–H groups in total. The van der Waals surface area contributed by atoms with Crippen LogP contribution in [-0.4, -0.2) is 33.9 Å². The third kappa shape index (κ3) is 2.68. The molecule has 4 rings (SSSR count). The minimum atomic E-state index is 0.433. The van der Waals surface area contributed by atoms with E-state index >= 15 is 0 Å². The van der Waals surface area contributed by atoms with Gasteiger partial charge in [-0.25, -0.2) is 9.50 Å². The lowest BCUT2D eigenvalue weighted by Crippen LogP contribution is -2.45. The van der Waals surface area contributed by atoms with E-state index in [0.717, 1.165) is 42.2 Å². The Morgan fingerprint density at radius 1 is 1.26 bits per heavy atom. The smallest absolute Gasteiger partial charge is 0.156 e. The van der Waals surface area contributed by atoms with Crippen molar-refractivity contribution in [3.8, 4) is 17.3 Å². The van der Waals surface area contributed by atoms with Crippen LogP contribution in [-0.2, 0) is 11.3 Å². The van der Waals surface area contributed by atoms with E-state index in [2.05, 4.69) is 27.5 Å². The van der Waals surface area contributed by atoms with Gasteiger partial charge in [0.15, 0.2) is 5.65 Å². The minimum Gasteiger partial charge on any atom is -0.378 e. The molecule has 0 amide bonds. The first kappa shape index (κ1) is 13.9. The number of aromatic nitrogens is 3. The van der Waals surface area contributed by atoms with Crippen LogP contribution in [0.5, 0.6) is 0 Å². The number of nitrogens with zero attached hydrogens (tertiary/aromatic N) is 4. The van der Waals surface area contributed by atoms with Gasteiger partial charge in [-0.3, -0.25) is 0 Å². The molecule has 6 nitrogen and oxygen atoms in total. The standard InChI is InChI=1S/C17H15N5O/c18-7-12-1-3-14(4-2-12)16-5-13(8-19-15-9-23-10-15)6-17-20-11-21-22(16)17/h1-6,11,15,19H,8-10H2. The van der Waals surface area contributed by atoms with Gasteiger partial charge in [0.25, 0.3) is 0 Å². The van der Waals surface area contributed by atoms with E-state index in [-0.39, 0.29) is 0 Å². The number of nitriles is 1. The highest BCUT2D eigenvalue weighted by Crippen LogP contribution is 2.22. The van der Waals surface area contributed by atoms with Gasteiger partial charge in [0.05, 0.1) is 36.6 Å². The molecule has 1 aliphatic heterocycles. The normalized spacial score (nSPS) is 14.6. The van der Waals surface area contributed by atoms with E-state index in [4.69, 9.17) is 10.00 Å². The molecule has 0 bridgehead atoms. The molecule has 0 spiro atoms. The lowest BCUT2D eigenvalue weighted by atomic mass is 10.1. The van der Waals surface area contributed by atoms with Crippen LogP contribution in [0.2, 0.25) is 0 Å². The van der Waals surface area contributed by atoms with Crippen molar-refractivity contribution in [1.29, 1.82) is 5.26 Å². The third-order valence-electron chi connectivity index (χ3n) is 3.98. The van der Waals surface area contributed by atoms with Gasteiger partial charge in [0.2, 0.25) is 0 Å². The molecule has 0 unspecified atom stereocenters. The highest BCUT2D eigenvalue weighted by Gasteiger charge is 2.17. The number of pyridine rings is 1. The molecule has 3 aromatic rings. The van der Waals surface area contributed by atoms with Crippen molar-refractivity contribution < 1.29 is 4.74 Å². The molecule has 1 aliphatic rings. The van der Waals surface area contributed by atoms with Crippen LogP contribution in [0.15, 0.2) is 42.7 Å². The van der Waals surface area contributed by atoms with Crippen LogP contribution in [0.4, 0.5) is 0 Å². The molecule has 1 saturated heterocycles. The summed E-state index contributed by atoms with van der Waals surface area (Å²) in [7, 11) is 0. The monoisotopic (exact) mass is 305 g/mol. The van der Waals surface area contributed by atoms with E-state index in [1.54, 1.807) is 6.33 Å². The number of ether oxygens (including phenoxy) is 1. The Morgan fingerprint density at radius 3 is 2.78 bits per heavy atom. The van der Waals surface area contributed by atoms with Crippen LogP contribution in [0, 0.1) is 11.3 Å². The summed E-state index contributed by atoms with van der Waals surface area (Å²) in [5, 5.41) is 16.7. The molecule has 1 fully saturated rings. The van der Waals surface area contributed by atoms with Crippen molar-refractivity contribution in [2.24, 2.45) is 0 Å². The summed E-state index contributed by atoms with van der Waals surface area (Å²) < 4.78 is 7.00. The first-order chi connectivity index (χ1) is 11.3. The molecule has 6 heteroatoms. The molecule has 114 valence electrons. The topological polar surface area (TPSA) is 75.2 Å². The summed E-state index contributed by atoms with van der Waals surface area (Å²) in [6.45, 7) is 2.31. The van der Waals surface area contributed by atoms with Crippen molar-refractivity contribution >= 4 is 5.65 Å². The Bertz CT molecular complexity index is 874. The van der Waals surface area contributed by atoms with Gasteiger partial charge < -0.3 is 10.1 Å². The van der Waals surface area contributed by atoms with Gasteiger partial charge in [-0.2, -0.15) is 10.4 Å². The molecule has 0 saturated carbocycles. The quantitative estimate of drug-likeness (QED) is 0.795. The maximum atomic E-state index is 8.94. The van der Waals surface area contributed by atoms with E-state index in [0.29, 0.717) is 11.6 Å². The number of nitrogens with one attached hydrogen (secondary N) is 1. The van der Waals surface area contributed by atoms with Gasteiger partial charge in [-0.15, -0.1) is 0 Å². The average Bonchev–Trinajstić information content (AvgIpc) is 3.01. The number of hydrogen-bond donors (Lipinski definition) is 1. The number of fused-ring (bicyclic) bond motifs is 1. The second kappa shape index (κ2) is 5.80. The zero-order valence-corrected chi connectivity index (χ0v) is 12.4. The summed E-state index contributed by atoms with van der Waals surface area (Å²) in [6, 6.07) is 14.2. The Balaban J connectivity index is 1.70. The first-order valence-electron chi connectivity index (χ1n) is 7.48. The third-order valence-corrected chi connectivity index (χ3v) is 3.98. The molecule has 1 aromatic carbocycles. The minimum absolute atomic E-state index is 0.433. The van der Waals surface area contributed by atoms with Gasteiger partial charge in [-0.05, 0) is 29.8 Å². The number of benzene rings is 1. The zero-order valence-electron chi connectivity index (χ0n) is 12.4. The van der Waals surface area contributed by atoms with Crippen LogP contribution in [0.3, 0.4) is 0 Å². The fraction of sp³-hybridized carbons (Fsp3) is 0.235. The fourth-order valence-corrected chi connectivity index (χ4v) is 2.62. The van der Waals surface area contributed by atoms with Crippen molar-refractivity contribution in [2.45, 2.75) is 12.6 Å².